The van der Waals surface area contributed by atoms with Crippen molar-refractivity contribution in [3.8, 4) is 33.9 Å². The smallest absolute Gasteiger partial charge is 0.205 e. The van der Waals surface area contributed by atoms with Crippen molar-refractivity contribution in [1.29, 1.82) is 0 Å². The molecule has 0 aliphatic rings. The highest BCUT2D eigenvalue weighted by atomic mass is 79.9. The molecule has 0 bridgehead atoms. The number of nitrogen functional groups attached to an aromatic ring is 1. The summed E-state index contributed by atoms with van der Waals surface area (Å²) in [5.74, 6) is 1.12. The first-order valence-corrected chi connectivity index (χ1v) is 12.8. The second-order valence-electron chi connectivity index (χ2n) is 8.35. The van der Waals surface area contributed by atoms with Crippen LogP contribution in [0.3, 0.4) is 0 Å². The van der Waals surface area contributed by atoms with Crippen LogP contribution in [-0.2, 0) is 0 Å². The van der Waals surface area contributed by atoms with Gasteiger partial charge in [0.2, 0.25) is 5.78 Å². The van der Waals surface area contributed by atoms with Crippen molar-refractivity contribution in [3.05, 3.63) is 93.3 Å². The third kappa shape index (κ3) is 4.36. The van der Waals surface area contributed by atoms with E-state index < -0.39 is 0 Å². The number of carbonyl (C=O) groups excluding carboxylic acids is 1. The fraction of sp³-hybridized carbons (Fsp3) is 0.103. The fourth-order valence-corrected chi connectivity index (χ4v) is 5.47. The molecule has 0 saturated heterocycles. The third-order valence-electron chi connectivity index (χ3n) is 6.05. The second kappa shape index (κ2) is 9.76. The van der Waals surface area contributed by atoms with E-state index in [1.165, 1.54) is 16.9 Å². The van der Waals surface area contributed by atoms with E-state index in [9.17, 15) is 4.79 Å². The zero-order valence-corrected chi connectivity index (χ0v) is 22.4. The highest BCUT2D eigenvalue weighted by molar-refractivity contribution is 9.10. The minimum absolute atomic E-state index is 0.127. The van der Waals surface area contributed by atoms with Gasteiger partial charge in [0.25, 0.3) is 0 Å². The van der Waals surface area contributed by atoms with Crippen LogP contribution in [0.1, 0.15) is 20.8 Å². The Balaban J connectivity index is 1.75. The number of nitrogens with zero attached hydrogens (tertiary/aromatic N) is 1. The zero-order valence-electron chi connectivity index (χ0n) is 20.0. The molecule has 36 heavy (non-hydrogen) atoms. The Morgan fingerprint density at radius 3 is 2.22 bits per heavy atom. The quantitative estimate of drug-likeness (QED) is 0.218. The Kier molecular flexibility index (Phi) is 6.51. The van der Waals surface area contributed by atoms with Gasteiger partial charge in [-0.25, -0.2) is 4.98 Å². The molecule has 180 valence electrons. The normalized spacial score (nSPS) is 11.0. The SMILES string of the molecule is COc1ccc(-c2cc(-c3ccc(C)cc3)nc3sc(C(=O)c4ccc(Br)cc4)c(N)c23)cc1OC. The van der Waals surface area contributed by atoms with Gasteiger partial charge in [0, 0.05) is 21.0 Å². The van der Waals surface area contributed by atoms with Gasteiger partial charge in [-0.3, -0.25) is 4.79 Å². The van der Waals surface area contributed by atoms with Gasteiger partial charge in [-0.15, -0.1) is 11.3 Å². The number of ketones is 1. The van der Waals surface area contributed by atoms with E-state index in [0.717, 1.165) is 32.2 Å². The van der Waals surface area contributed by atoms with E-state index in [0.29, 0.717) is 32.5 Å². The van der Waals surface area contributed by atoms with Crippen molar-refractivity contribution in [2.24, 2.45) is 0 Å². The van der Waals surface area contributed by atoms with Gasteiger partial charge in [0.1, 0.15) is 9.71 Å². The van der Waals surface area contributed by atoms with Crippen LogP contribution in [0.5, 0.6) is 11.5 Å². The van der Waals surface area contributed by atoms with Gasteiger partial charge in [-0.2, -0.15) is 0 Å². The lowest BCUT2D eigenvalue weighted by molar-refractivity contribution is 0.104. The molecule has 5 nitrogen and oxygen atoms in total. The topological polar surface area (TPSA) is 74.4 Å². The summed E-state index contributed by atoms with van der Waals surface area (Å²) in [6.45, 7) is 2.05. The number of carbonyl (C=O) groups is 1. The van der Waals surface area contributed by atoms with Crippen molar-refractivity contribution >= 4 is 49.0 Å². The monoisotopic (exact) mass is 558 g/mol. The molecule has 2 aromatic heterocycles. The Morgan fingerprint density at radius 2 is 1.56 bits per heavy atom. The largest absolute Gasteiger partial charge is 0.493 e. The standard InChI is InChI=1S/C29H23BrN2O3S/c1-16-4-6-17(7-5-16)22-15-21(19-10-13-23(34-2)24(14-19)35-3)25-26(31)28(36-29(25)32-22)27(33)18-8-11-20(30)12-9-18/h4-15H,31H2,1-3H3. The number of rotatable bonds is 6. The maximum Gasteiger partial charge on any atom is 0.205 e. The summed E-state index contributed by atoms with van der Waals surface area (Å²) in [6.07, 6.45) is 0. The molecule has 0 spiro atoms. The number of thiophene rings is 1. The second-order valence-corrected chi connectivity index (χ2v) is 10.3. The summed E-state index contributed by atoms with van der Waals surface area (Å²) in [7, 11) is 3.21. The van der Waals surface area contributed by atoms with Crippen molar-refractivity contribution in [2.75, 3.05) is 20.0 Å². The fourth-order valence-electron chi connectivity index (χ4n) is 4.13. The third-order valence-corrected chi connectivity index (χ3v) is 7.68. The van der Waals surface area contributed by atoms with Crippen LogP contribution in [0.4, 0.5) is 5.69 Å². The summed E-state index contributed by atoms with van der Waals surface area (Å²) in [5, 5.41) is 0.753. The molecular formula is C29H23BrN2O3S. The Labute approximate surface area is 221 Å². The van der Waals surface area contributed by atoms with Crippen molar-refractivity contribution in [2.45, 2.75) is 6.92 Å². The van der Waals surface area contributed by atoms with Gasteiger partial charge in [0.15, 0.2) is 11.5 Å². The van der Waals surface area contributed by atoms with Gasteiger partial charge >= 0.3 is 0 Å². The first-order valence-electron chi connectivity index (χ1n) is 11.2. The average molecular weight is 559 g/mol. The number of aromatic nitrogens is 1. The highest BCUT2D eigenvalue weighted by Crippen LogP contribution is 2.43. The molecule has 0 fully saturated rings. The summed E-state index contributed by atoms with van der Waals surface area (Å²) >= 11 is 4.74. The number of anilines is 1. The molecule has 2 N–H and O–H groups in total. The van der Waals surface area contributed by atoms with Crippen LogP contribution in [0, 0.1) is 6.92 Å². The number of benzene rings is 3. The molecule has 5 rings (SSSR count). The van der Waals surface area contributed by atoms with Crippen molar-refractivity contribution in [3.63, 3.8) is 0 Å². The first kappa shape index (κ1) is 24.0. The Bertz CT molecular complexity index is 1590. The number of halogens is 1. The number of nitrogens with two attached hydrogens (primary N) is 1. The lowest BCUT2D eigenvalue weighted by Gasteiger charge is -2.12. The molecule has 2 heterocycles. The summed E-state index contributed by atoms with van der Waals surface area (Å²) in [4.78, 5) is 19.5. The Hall–Kier alpha value is -3.68. The summed E-state index contributed by atoms with van der Waals surface area (Å²) < 4.78 is 11.9. The predicted molar refractivity (Wildman–Crippen MR) is 150 cm³/mol. The van der Waals surface area contributed by atoms with E-state index in [1.807, 2.05) is 48.5 Å². The number of hydrogen-bond acceptors (Lipinski definition) is 6. The summed E-state index contributed by atoms with van der Waals surface area (Å²) in [6, 6.07) is 23.2. The molecule has 0 aliphatic carbocycles. The van der Waals surface area contributed by atoms with E-state index in [4.69, 9.17) is 20.2 Å². The van der Waals surface area contributed by atoms with Crippen molar-refractivity contribution < 1.29 is 14.3 Å². The molecule has 0 saturated carbocycles. The molecule has 3 aromatic carbocycles. The van der Waals surface area contributed by atoms with Gasteiger partial charge in [-0.05, 0) is 60.5 Å². The van der Waals surface area contributed by atoms with Gasteiger partial charge in [-0.1, -0.05) is 51.8 Å². The molecule has 0 amide bonds. The van der Waals surface area contributed by atoms with E-state index in [-0.39, 0.29) is 5.78 Å². The zero-order chi connectivity index (χ0) is 25.4. The molecule has 0 radical (unpaired) electrons. The number of methoxy groups -OCH3 is 2. The molecule has 0 aliphatic heterocycles. The van der Waals surface area contributed by atoms with Crippen LogP contribution in [-0.4, -0.2) is 25.0 Å². The first-order chi connectivity index (χ1) is 17.4. The molecule has 0 unspecified atom stereocenters. The molecule has 5 aromatic rings. The Morgan fingerprint density at radius 1 is 0.889 bits per heavy atom. The van der Waals surface area contributed by atoms with E-state index >= 15 is 0 Å². The van der Waals surface area contributed by atoms with Crippen molar-refractivity contribution in [1.82, 2.24) is 4.98 Å². The lowest BCUT2D eigenvalue weighted by atomic mass is 9.98. The van der Waals surface area contributed by atoms with Gasteiger partial charge < -0.3 is 15.2 Å². The number of ether oxygens (including phenoxy) is 2. The van der Waals surface area contributed by atoms with Crippen LogP contribution in [0.25, 0.3) is 32.6 Å². The van der Waals surface area contributed by atoms with E-state index in [2.05, 4.69) is 35.0 Å². The predicted octanol–water partition coefficient (Wildman–Crippen LogP) is 7.53. The molecular weight excluding hydrogens is 536 g/mol. The number of fused-ring (bicyclic) bond motifs is 1. The maximum atomic E-state index is 13.4. The highest BCUT2D eigenvalue weighted by Gasteiger charge is 2.23. The van der Waals surface area contributed by atoms with E-state index in [1.54, 1.807) is 26.4 Å². The number of pyridine rings is 1. The van der Waals surface area contributed by atoms with Crippen LogP contribution in [0.2, 0.25) is 0 Å². The van der Waals surface area contributed by atoms with Crippen LogP contribution in [0.15, 0.2) is 77.3 Å². The number of hydrogen-bond donors (Lipinski definition) is 1. The minimum Gasteiger partial charge on any atom is -0.493 e. The lowest BCUT2D eigenvalue weighted by Crippen LogP contribution is -2.02. The minimum atomic E-state index is -0.127. The summed E-state index contributed by atoms with van der Waals surface area (Å²) in [5.41, 5.74) is 12.4. The van der Waals surface area contributed by atoms with Crippen LogP contribution >= 0.6 is 27.3 Å². The van der Waals surface area contributed by atoms with Gasteiger partial charge in [0.05, 0.1) is 25.6 Å². The average Bonchev–Trinajstić information content (AvgIpc) is 3.24. The maximum absolute atomic E-state index is 13.4. The number of aryl methyl sites for hydroxylation is 1. The molecule has 0 atom stereocenters. The van der Waals surface area contributed by atoms with Crippen LogP contribution < -0.4 is 15.2 Å². The molecule has 7 heteroatoms.